The zero-order chi connectivity index (χ0) is 24.3. The molecule has 0 bridgehead atoms. The number of phenolic OH excluding ortho intramolecular Hbond substituents is 1. The van der Waals surface area contributed by atoms with Crippen molar-refractivity contribution in [1.82, 2.24) is 4.90 Å². The molecule has 0 radical (unpaired) electrons. The molecule has 1 atom stereocenters. The smallest absolute Gasteiger partial charge is 0.338 e. The second kappa shape index (κ2) is 12.9. The number of ether oxygens (including phenoxy) is 1. The standard InChI is InChI=1S/C26H34N2O6/c1-2-19-16-23(30)17-20-15-21(27-34-18-24(31)28-12-5-3-6-13-28)9-8-11-22(29)10-4-7-14-33-26(32)25(19)20/h4,8-10,16-17,22,29-30H,2-3,5-7,11-15,18H2,1H3/b9-8+,10-4+,27-21+. The number of phenols is 1. The van der Waals surface area contributed by atoms with Crippen molar-refractivity contribution in [2.75, 3.05) is 26.3 Å². The molecule has 1 unspecified atom stereocenters. The highest BCUT2D eigenvalue weighted by Crippen LogP contribution is 2.25. The zero-order valence-electron chi connectivity index (χ0n) is 19.7. The van der Waals surface area contributed by atoms with E-state index in [0.717, 1.165) is 32.4 Å². The van der Waals surface area contributed by atoms with Crippen LogP contribution in [0.2, 0.25) is 0 Å². The van der Waals surface area contributed by atoms with Gasteiger partial charge in [-0.05, 0) is 67.9 Å². The number of rotatable bonds is 4. The summed E-state index contributed by atoms with van der Waals surface area (Å²) in [6.45, 7) is 3.39. The molecular weight excluding hydrogens is 436 g/mol. The van der Waals surface area contributed by atoms with E-state index >= 15 is 0 Å². The van der Waals surface area contributed by atoms with Crippen molar-refractivity contribution in [1.29, 1.82) is 0 Å². The summed E-state index contributed by atoms with van der Waals surface area (Å²) in [5.41, 5.74) is 2.11. The average molecular weight is 471 g/mol. The largest absolute Gasteiger partial charge is 0.508 e. The van der Waals surface area contributed by atoms with Gasteiger partial charge in [-0.25, -0.2) is 4.79 Å². The van der Waals surface area contributed by atoms with Crippen LogP contribution in [0, 0.1) is 0 Å². The minimum Gasteiger partial charge on any atom is -0.508 e. The van der Waals surface area contributed by atoms with E-state index in [0.29, 0.717) is 41.7 Å². The highest BCUT2D eigenvalue weighted by Gasteiger charge is 2.20. The number of hydrogen-bond donors (Lipinski definition) is 2. The molecule has 184 valence electrons. The first kappa shape index (κ1) is 25.5. The molecule has 0 aliphatic carbocycles. The average Bonchev–Trinajstić information content (AvgIpc) is 2.83. The van der Waals surface area contributed by atoms with Crippen LogP contribution in [0.25, 0.3) is 0 Å². The van der Waals surface area contributed by atoms with Gasteiger partial charge < -0.3 is 24.7 Å². The van der Waals surface area contributed by atoms with Crippen LogP contribution in [-0.4, -0.2) is 65.1 Å². The van der Waals surface area contributed by atoms with Crippen LogP contribution in [0.15, 0.2) is 41.6 Å². The van der Waals surface area contributed by atoms with E-state index in [1.54, 1.807) is 35.3 Å². The Kier molecular flexibility index (Phi) is 9.70. The normalized spacial score (nSPS) is 22.9. The Labute approximate surface area is 200 Å². The fourth-order valence-electron chi connectivity index (χ4n) is 4.12. The predicted molar refractivity (Wildman–Crippen MR) is 129 cm³/mol. The number of aliphatic hydroxyl groups excluding tert-OH is 1. The Morgan fingerprint density at radius 2 is 2.03 bits per heavy atom. The molecule has 1 aromatic rings. The molecule has 1 saturated heterocycles. The third kappa shape index (κ3) is 7.45. The summed E-state index contributed by atoms with van der Waals surface area (Å²) >= 11 is 0. The molecule has 1 aromatic carbocycles. The summed E-state index contributed by atoms with van der Waals surface area (Å²) in [4.78, 5) is 32.5. The van der Waals surface area contributed by atoms with E-state index in [4.69, 9.17) is 9.57 Å². The molecule has 8 heteroatoms. The first-order valence-corrected chi connectivity index (χ1v) is 12.0. The molecule has 3 rings (SSSR count). The van der Waals surface area contributed by atoms with Gasteiger partial charge in [-0.1, -0.05) is 30.3 Å². The van der Waals surface area contributed by atoms with Crippen LogP contribution in [-0.2, 0) is 27.2 Å². The molecule has 1 fully saturated rings. The van der Waals surface area contributed by atoms with E-state index < -0.39 is 12.1 Å². The van der Waals surface area contributed by atoms with E-state index in [1.807, 2.05) is 6.92 Å². The van der Waals surface area contributed by atoms with Crippen molar-refractivity contribution >= 4 is 17.6 Å². The number of allylic oxidation sites excluding steroid dienone is 1. The lowest BCUT2D eigenvalue weighted by Crippen LogP contribution is -2.37. The van der Waals surface area contributed by atoms with Crippen LogP contribution in [0.3, 0.4) is 0 Å². The topological polar surface area (TPSA) is 109 Å². The van der Waals surface area contributed by atoms with Gasteiger partial charge in [0.2, 0.25) is 0 Å². The molecule has 34 heavy (non-hydrogen) atoms. The van der Waals surface area contributed by atoms with Crippen LogP contribution >= 0.6 is 0 Å². The Bertz CT molecular complexity index is 947. The summed E-state index contributed by atoms with van der Waals surface area (Å²) in [7, 11) is 0. The van der Waals surface area contributed by atoms with Crippen molar-refractivity contribution in [3.8, 4) is 5.75 Å². The lowest BCUT2D eigenvalue weighted by Gasteiger charge is -2.26. The first-order valence-electron chi connectivity index (χ1n) is 12.0. The van der Waals surface area contributed by atoms with E-state index in [2.05, 4.69) is 5.16 Å². The number of esters is 1. The number of carbonyl (C=O) groups is 2. The maximum atomic E-state index is 12.9. The van der Waals surface area contributed by atoms with Crippen molar-refractivity contribution in [2.24, 2.45) is 5.16 Å². The molecular formula is C26H34N2O6. The number of aryl methyl sites for hydroxylation is 1. The summed E-state index contributed by atoms with van der Waals surface area (Å²) in [6.07, 6.45) is 11.0. The van der Waals surface area contributed by atoms with Crippen LogP contribution in [0.4, 0.5) is 0 Å². The fraction of sp³-hybridized carbons (Fsp3) is 0.500. The quantitative estimate of drug-likeness (QED) is 0.397. The number of likely N-dealkylation sites (tertiary alicyclic amines) is 1. The molecule has 2 N–H and O–H groups in total. The second-order valence-corrected chi connectivity index (χ2v) is 8.53. The molecule has 1 amide bonds. The van der Waals surface area contributed by atoms with E-state index in [9.17, 15) is 19.8 Å². The van der Waals surface area contributed by atoms with Crippen molar-refractivity contribution in [3.63, 3.8) is 0 Å². The Balaban J connectivity index is 1.86. The molecule has 2 heterocycles. The second-order valence-electron chi connectivity index (χ2n) is 8.53. The van der Waals surface area contributed by atoms with Crippen molar-refractivity contribution in [3.05, 3.63) is 53.1 Å². The molecule has 0 saturated carbocycles. The number of piperidine rings is 1. The van der Waals surface area contributed by atoms with Crippen molar-refractivity contribution in [2.45, 2.75) is 58.0 Å². The molecule has 2 aliphatic rings. The Hall–Kier alpha value is -3.13. The number of amides is 1. The monoisotopic (exact) mass is 470 g/mol. The lowest BCUT2D eigenvalue weighted by atomic mass is 9.94. The van der Waals surface area contributed by atoms with Crippen molar-refractivity contribution < 1.29 is 29.4 Å². The van der Waals surface area contributed by atoms with E-state index in [-0.39, 0.29) is 31.3 Å². The summed E-state index contributed by atoms with van der Waals surface area (Å²) < 4.78 is 5.45. The minimum atomic E-state index is -0.680. The predicted octanol–water partition coefficient (Wildman–Crippen LogP) is 3.31. The van der Waals surface area contributed by atoms with Gasteiger partial charge in [0.05, 0.1) is 24.0 Å². The molecule has 8 nitrogen and oxygen atoms in total. The number of nitrogens with zero attached hydrogens (tertiary/aromatic N) is 2. The third-order valence-corrected chi connectivity index (χ3v) is 5.89. The van der Waals surface area contributed by atoms with Gasteiger partial charge in [0.1, 0.15) is 5.75 Å². The summed E-state index contributed by atoms with van der Waals surface area (Å²) in [5, 5.41) is 24.5. The maximum Gasteiger partial charge on any atom is 0.338 e. The minimum absolute atomic E-state index is 0.0485. The number of cyclic esters (lactones) is 1. The van der Waals surface area contributed by atoms with Crippen LogP contribution in [0.1, 0.15) is 60.5 Å². The van der Waals surface area contributed by atoms with Gasteiger partial charge >= 0.3 is 5.97 Å². The highest BCUT2D eigenvalue weighted by atomic mass is 16.6. The Morgan fingerprint density at radius 3 is 2.79 bits per heavy atom. The van der Waals surface area contributed by atoms with Gasteiger partial charge in [-0.15, -0.1) is 0 Å². The molecule has 0 spiro atoms. The number of carbonyl (C=O) groups excluding carboxylic acids is 2. The fourth-order valence-corrected chi connectivity index (χ4v) is 4.12. The SMILES string of the molecule is CCc1cc(O)cc2c1C(=O)OCC/C=C/C(O)C/C=C/C(=N\OCC(=O)N1CCCCC1)C2. The number of fused-ring (bicyclic) bond motifs is 1. The molecule has 2 aliphatic heterocycles. The number of hydrogen-bond acceptors (Lipinski definition) is 7. The maximum absolute atomic E-state index is 12.9. The number of benzene rings is 1. The molecule has 0 aromatic heterocycles. The lowest BCUT2D eigenvalue weighted by molar-refractivity contribution is -0.137. The highest BCUT2D eigenvalue weighted by molar-refractivity contribution is 6.00. The van der Waals surface area contributed by atoms with Gasteiger partial charge in [0.25, 0.3) is 5.91 Å². The van der Waals surface area contributed by atoms with Gasteiger partial charge in [0.15, 0.2) is 6.61 Å². The van der Waals surface area contributed by atoms with E-state index in [1.165, 1.54) is 6.07 Å². The number of aliphatic hydroxyl groups is 1. The van der Waals surface area contributed by atoms with Crippen LogP contribution < -0.4 is 0 Å². The number of aromatic hydroxyl groups is 1. The summed E-state index contributed by atoms with van der Waals surface area (Å²) in [5.74, 6) is -0.529. The van der Waals surface area contributed by atoms with Gasteiger partial charge in [-0.3, -0.25) is 4.79 Å². The Morgan fingerprint density at radius 1 is 1.24 bits per heavy atom. The zero-order valence-corrected chi connectivity index (χ0v) is 19.7. The summed E-state index contributed by atoms with van der Waals surface area (Å²) in [6, 6.07) is 3.10. The van der Waals surface area contributed by atoms with Gasteiger partial charge in [-0.2, -0.15) is 0 Å². The number of oxime groups is 1. The van der Waals surface area contributed by atoms with Gasteiger partial charge in [0, 0.05) is 19.5 Å². The third-order valence-electron chi connectivity index (χ3n) is 5.89. The first-order chi connectivity index (χ1) is 16.5. The van der Waals surface area contributed by atoms with Crippen LogP contribution in [0.5, 0.6) is 5.75 Å².